The van der Waals surface area contributed by atoms with Crippen LogP contribution in [0.1, 0.15) is 146 Å². The average molecular weight is 805 g/mol. The van der Waals surface area contributed by atoms with Crippen molar-refractivity contribution in [3.05, 3.63) is 71.3 Å². The van der Waals surface area contributed by atoms with E-state index in [1.54, 1.807) is 6.07 Å². The molecule has 0 amide bonds. The Morgan fingerprint density at radius 3 is 1.37 bits per heavy atom. The zero-order chi connectivity index (χ0) is 40.6. The summed E-state index contributed by atoms with van der Waals surface area (Å²) in [4.78, 5) is 0. The monoisotopic (exact) mass is 804 g/mol. The van der Waals surface area contributed by atoms with Gasteiger partial charge in [0.05, 0.1) is 11.4 Å². The molecule has 0 radical (unpaired) electrons. The smallest absolute Gasteiger partial charge is 0.142 e. The Hall–Kier alpha value is -4.06. The van der Waals surface area contributed by atoms with Crippen LogP contribution in [-0.2, 0) is 16.2 Å². The van der Waals surface area contributed by atoms with E-state index < -0.39 is 0 Å². The van der Waals surface area contributed by atoms with Gasteiger partial charge in [-0.05, 0) is 226 Å². The molecule has 4 aromatic carbocycles. The Labute approximate surface area is 355 Å². The second-order valence-corrected chi connectivity index (χ2v) is 24.2. The normalized spacial score (nSPS) is 41.4. The molecule has 0 heterocycles. The summed E-state index contributed by atoms with van der Waals surface area (Å²) in [5, 5.41) is 24.5. The van der Waals surface area contributed by atoms with Crippen LogP contribution in [0.25, 0.3) is 10.8 Å². The number of hydrogen-bond donors (Lipinski definition) is 4. The van der Waals surface area contributed by atoms with Crippen molar-refractivity contribution in [3.8, 4) is 34.5 Å². The lowest BCUT2D eigenvalue weighted by Crippen LogP contribution is -2.56. The van der Waals surface area contributed by atoms with E-state index >= 15 is 0 Å². The van der Waals surface area contributed by atoms with Crippen molar-refractivity contribution in [2.75, 3.05) is 11.5 Å². The van der Waals surface area contributed by atoms with Crippen LogP contribution in [0.3, 0.4) is 0 Å². The standard InChI is InChI=1S/C54H64N2O4/c1-50-18-36-19-51(2,27-50)29-54(26-36,28-50)40-12-37-3-4-39(59-48-16-45(57)43(55)14-41(48)52-20-30-5-31(21-52)7-32(6-30)22-52)11-38(37)13-47(40)60-49-17-46(58)44(56)15-42(49)53-23-33-8-34(24-53)10-35(9-33)25-53/h3-4,11-17,30-36,57-58H,5-10,18-29,55-56H2,1-2H3. The molecule has 314 valence electrons. The van der Waals surface area contributed by atoms with Gasteiger partial charge in [-0.3, -0.25) is 0 Å². The lowest BCUT2D eigenvalue weighted by molar-refractivity contribution is -0.110. The van der Waals surface area contributed by atoms with Crippen LogP contribution in [0.5, 0.6) is 34.5 Å². The number of nitrogen functional groups attached to an aromatic ring is 2. The highest BCUT2D eigenvalue weighted by Gasteiger charge is 2.61. The number of phenols is 2. The third kappa shape index (κ3) is 5.49. The Balaban J connectivity index is 0.935. The maximum atomic E-state index is 11.3. The first-order chi connectivity index (χ1) is 28.7. The second kappa shape index (κ2) is 12.1. The molecule has 12 bridgehead atoms. The topological polar surface area (TPSA) is 111 Å². The molecular weight excluding hydrogens is 741 g/mol. The molecule has 16 rings (SSSR count). The van der Waals surface area contributed by atoms with Crippen LogP contribution in [0.4, 0.5) is 11.4 Å². The number of rotatable bonds is 7. The average Bonchev–Trinajstić information content (AvgIpc) is 3.14. The zero-order valence-corrected chi connectivity index (χ0v) is 35.8. The highest BCUT2D eigenvalue weighted by Crippen LogP contribution is 2.71. The Morgan fingerprint density at radius 1 is 0.450 bits per heavy atom. The molecule has 6 heteroatoms. The second-order valence-electron chi connectivity index (χ2n) is 24.2. The molecule has 0 saturated heterocycles. The number of fused-ring (bicyclic) bond motifs is 1. The van der Waals surface area contributed by atoms with Crippen LogP contribution < -0.4 is 20.9 Å². The van der Waals surface area contributed by atoms with E-state index in [0.29, 0.717) is 22.2 Å². The van der Waals surface area contributed by atoms with Gasteiger partial charge in [0.2, 0.25) is 0 Å². The van der Waals surface area contributed by atoms with E-state index in [2.05, 4.69) is 50.2 Å². The minimum Gasteiger partial charge on any atom is -0.506 e. The number of ether oxygens (including phenoxy) is 2. The lowest BCUT2D eigenvalue weighted by Gasteiger charge is -2.65. The Kier molecular flexibility index (Phi) is 7.38. The summed E-state index contributed by atoms with van der Waals surface area (Å²) in [7, 11) is 0. The van der Waals surface area contributed by atoms with Crippen molar-refractivity contribution >= 4 is 22.1 Å². The number of phenolic OH excluding ortho intramolecular Hbond substituents is 2. The van der Waals surface area contributed by atoms with Crippen molar-refractivity contribution in [2.45, 2.75) is 146 Å². The molecule has 0 spiro atoms. The third-order valence-electron chi connectivity index (χ3n) is 19.0. The molecule has 60 heavy (non-hydrogen) atoms. The van der Waals surface area contributed by atoms with Gasteiger partial charge in [0.25, 0.3) is 0 Å². The van der Waals surface area contributed by atoms with Gasteiger partial charge in [-0.1, -0.05) is 19.9 Å². The third-order valence-corrected chi connectivity index (χ3v) is 19.0. The van der Waals surface area contributed by atoms with Crippen molar-refractivity contribution in [3.63, 3.8) is 0 Å². The number of anilines is 2. The highest BCUT2D eigenvalue weighted by atomic mass is 16.5. The van der Waals surface area contributed by atoms with Gasteiger partial charge in [0.15, 0.2) is 0 Å². The fourth-order valence-corrected chi connectivity index (χ4v) is 18.9. The number of benzene rings is 4. The van der Waals surface area contributed by atoms with E-state index in [0.717, 1.165) is 69.8 Å². The summed E-state index contributed by atoms with van der Waals surface area (Å²) < 4.78 is 14.4. The first-order valence-corrected chi connectivity index (χ1v) is 23.9. The Bertz CT molecular complexity index is 2400. The lowest BCUT2D eigenvalue weighted by atomic mass is 9.39. The maximum absolute atomic E-state index is 11.3. The van der Waals surface area contributed by atoms with E-state index in [4.69, 9.17) is 20.9 Å². The number of nitrogens with two attached hydrogens (primary N) is 2. The van der Waals surface area contributed by atoms with Crippen molar-refractivity contribution in [2.24, 2.45) is 52.3 Å². The summed E-state index contributed by atoms with van der Waals surface area (Å²) in [5.74, 6) is 8.77. The SMILES string of the molecule is CC12CC3CC(C)(C1)CC(c1cc4ccc(Oc5cc(O)c(N)cc5C56CC7CC(CC(C7)C5)C6)cc4cc1Oc1cc(O)c(N)cc1C14CC5CC(CC(C5)C1)C4)(C3)C2. The molecule has 12 saturated carbocycles. The molecule has 6 nitrogen and oxygen atoms in total. The number of hydrogen-bond acceptors (Lipinski definition) is 6. The molecule has 0 aliphatic heterocycles. The van der Waals surface area contributed by atoms with Gasteiger partial charge >= 0.3 is 0 Å². The summed E-state index contributed by atoms with van der Waals surface area (Å²) >= 11 is 0. The summed E-state index contributed by atoms with van der Waals surface area (Å²) in [6.07, 6.45) is 22.9. The van der Waals surface area contributed by atoms with Crippen LogP contribution in [0.15, 0.2) is 54.6 Å². The van der Waals surface area contributed by atoms with E-state index in [1.807, 2.05) is 12.1 Å². The predicted molar refractivity (Wildman–Crippen MR) is 238 cm³/mol. The number of aromatic hydroxyl groups is 2. The largest absolute Gasteiger partial charge is 0.506 e. The molecule has 2 unspecified atom stereocenters. The molecule has 6 N–H and O–H groups in total. The van der Waals surface area contributed by atoms with Gasteiger partial charge < -0.3 is 31.2 Å². The molecule has 4 aromatic rings. The van der Waals surface area contributed by atoms with E-state index in [1.165, 1.54) is 138 Å². The van der Waals surface area contributed by atoms with Crippen molar-refractivity contribution in [1.29, 1.82) is 0 Å². The van der Waals surface area contributed by atoms with Gasteiger partial charge in [0, 0.05) is 34.2 Å². The molecule has 12 aliphatic carbocycles. The maximum Gasteiger partial charge on any atom is 0.142 e. The van der Waals surface area contributed by atoms with E-state index in [9.17, 15) is 10.2 Å². The first-order valence-electron chi connectivity index (χ1n) is 23.9. The minimum absolute atomic E-state index is 0.0343. The van der Waals surface area contributed by atoms with Crippen molar-refractivity contribution < 1.29 is 19.7 Å². The van der Waals surface area contributed by atoms with Gasteiger partial charge in [0.1, 0.15) is 34.5 Å². The summed E-state index contributed by atoms with van der Waals surface area (Å²) in [5.41, 5.74) is 18.5. The molecular formula is C54H64N2O4. The van der Waals surface area contributed by atoms with Crippen LogP contribution in [-0.4, -0.2) is 10.2 Å². The fraction of sp³-hybridized carbons (Fsp3) is 0.593. The zero-order valence-electron chi connectivity index (χ0n) is 35.8. The van der Waals surface area contributed by atoms with Gasteiger partial charge in [-0.15, -0.1) is 0 Å². The molecule has 12 fully saturated rings. The Morgan fingerprint density at radius 2 is 0.883 bits per heavy atom. The molecule has 12 aliphatic rings. The van der Waals surface area contributed by atoms with Gasteiger partial charge in [-0.25, -0.2) is 0 Å². The fourth-order valence-electron chi connectivity index (χ4n) is 18.9. The van der Waals surface area contributed by atoms with Crippen LogP contribution in [0, 0.1) is 52.3 Å². The summed E-state index contributed by atoms with van der Waals surface area (Å²) in [6.45, 7) is 5.12. The highest BCUT2D eigenvalue weighted by molar-refractivity contribution is 5.87. The van der Waals surface area contributed by atoms with Crippen LogP contribution >= 0.6 is 0 Å². The van der Waals surface area contributed by atoms with Gasteiger partial charge in [-0.2, -0.15) is 0 Å². The van der Waals surface area contributed by atoms with Crippen molar-refractivity contribution in [1.82, 2.24) is 0 Å². The summed E-state index contributed by atoms with van der Waals surface area (Å²) in [6, 6.07) is 19.0. The minimum atomic E-state index is 0.0343. The van der Waals surface area contributed by atoms with Crippen LogP contribution in [0.2, 0.25) is 0 Å². The molecule has 0 aromatic heterocycles. The first kappa shape index (κ1) is 36.6. The predicted octanol–water partition coefficient (Wildman–Crippen LogP) is 13.2. The molecule has 2 atom stereocenters. The van der Waals surface area contributed by atoms with E-state index in [-0.39, 0.29) is 27.7 Å². The quantitative estimate of drug-likeness (QED) is 0.109.